The first-order valence-corrected chi connectivity index (χ1v) is 10.0. The minimum atomic E-state index is -0.300. The van der Waals surface area contributed by atoms with E-state index in [4.69, 9.17) is 46.4 Å². The van der Waals surface area contributed by atoms with Gasteiger partial charge in [0.05, 0.1) is 36.5 Å². The number of para-hydroxylation sites is 1. The summed E-state index contributed by atoms with van der Waals surface area (Å²) in [6.07, 6.45) is 0. The van der Waals surface area contributed by atoms with Gasteiger partial charge in [0.15, 0.2) is 5.43 Å². The Kier molecular flexibility index (Phi) is 4.27. The number of phenolic OH excluding ortho intramolecular Hbond substituents is 1. The predicted octanol–water partition coefficient (Wildman–Crippen LogP) is 6.89. The molecule has 0 saturated heterocycles. The minimum Gasteiger partial charge on any atom is -0.507 e. The molecule has 0 spiro atoms. The molecule has 3 aromatic carbocycles. The number of halogens is 4. The van der Waals surface area contributed by atoms with Crippen LogP contribution < -0.4 is 10.8 Å². The summed E-state index contributed by atoms with van der Waals surface area (Å²) in [6.45, 7) is 0. The Morgan fingerprint density at radius 2 is 1.52 bits per heavy atom. The van der Waals surface area contributed by atoms with Crippen molar-refractivity contribution in [1.82, 2.24) is 0 Å². The first-order valence-electron chi connectivity index (χ1n) is 8.52. The monoisotopic (exact) mass is 459 g/mol. The van der Waals surface area contributed by atoms with Gasteiger partial charge in [0.25, 0.3) is 0 Å². The fourth-order valence-corrected chi connectivity index (χ4v) is 4.74. The highest BCUT2D eigenvalue weighted by atomic mass is 35.5. The number of nitrogens with zero attached hydrogens (tertiary/aromatic N) is 1. The van der Waals surface area contributed by atoms with Crippen molar-refractivity contribution in [3.8, 4) is 16.9 Å². The van der Waals surface area contributed by atoms with Gasteiger partial charge in [-0.2, -0.15) is 0 Å². The lowest BCUT2D eigenvalue weighted by Gasteiger charge is -2.19. The lowest BCUT2D eigenvalue weighted by atomic mass is 9.88. The topological polar surface area (TPSA) is 49.7 Å². The molecule has 0 fully saturated rings. The van der Waals surface area contributed by atoms with E-state index in [0.717, 1.165) is 0 Å². The molecular weight excluding hydrogens is 452 g/mol. The van der Waals surface area contributed by atoms with Crippen LogP contribution in [0.15, 0.2) is 58.3 Å². The molecule has 3 aromatic rings. The third-order valence-electron chi connectivity index (χ3n) is 4.97. The third kappa shape index (κ3) is 2.73. The van der Waals surface area contributed by atoms with E-state index in [1.54, 1.807) is 30.3 Å². The van der Waals surface area contributed by atoms with Crippen LogP contribution >= 0.6 is 46.4 Å². The Bertz CT molecular complexity index is 1530. The van der Waals surface area contributed by atoms with Gasteiger partial charge in [0.2, 0.25) is 0 Å². The van der Waals surface area contributed by atoms with Crippen molar-refractivity contribution in [2.24, 2.45) is 4.99 Å². The van der Waals surface area contributed by atoms with E-state index in [2.05, 4.69) is 4.99 Å². The summed E-state index contributed by atoms with van der Waals surface area (Å²) in [5, 5.41) is 14.5. The van der Waals surface area contributed by atoms with Crippen molar-refractivity contribution in [2.75, 3.05) is 0 Å². The van der Waals surface area contributed by atoms with E-state index in [0.29, 0.717) is 53.8 Å². The molecule has 2 aliphatic rings. The van der Waals surface area contributed by atoms with Crippen LogP contribution in [-0.2, 0) is 0 Å². The Morgan fingerprint density at radius 3 is 2.28 bits per heavy atom. The second kappa shape index (κ2) is 6.61. The maximum absolute atomic E-state index is 12.6. The van der Waals surface area contributed by atoms with Crippen LogP contribution in [0.25, 0.3) is 32.7 Å². The molecule has 29 heavy (non-hydrogen) atoms. The molecule has 0 amide bonds. The van der Waals surface area contributed by atoms with Crippen LogP contribution in [-0.4, -0.2) is 5.11 Å². The summed E-state index contributed by atoms with van der Waals surface area (Å²) in [4.78, 5) is 17.3. The van der Waals surface area contributed by atoms with Crippen LogP contribution in [0.4, 0.5) is 5.69 Å². The van der Waals surface area contributed by atoms with Gasteiger partial charge in [-0.25, -0.2) is 4.99 Å². The highest BCUT2D eigenvalue weighted by molar-refractivity contribution is 6.43. The van der Waals surface area contributed by atoms with Gasteiger partial charge in [0.1, 0.15) is 5.75 Å². The molecule has 0 bridgehead atoms. The Hall–Kier alpha value is -2.30. The van der Waals surface area contributed by atoms with Crippen LogP contribution in [0.1, 0.15) is 0 Å². The number of rotatable bonds is 1. The number of phenols is 1. The normalized spacial score (nSPS) is 12.6. The maximum Gasteiger partial charge on any atom is 0.189 e. The highest BCUT2D eigenvalue weighted by Gasteiger charge is 2.24. The van der Waals surface area contributed by atoms with Crippen molar-refractivity contribution < 1.29 is 5.11 Å². The molecule has 0 aromatic heterocycles. The van der Waals surface area contributed by atoms with E-state index < -0.39 is 0 Å². The SMILES string of the molecule is O=c1cc(Cl)c2cc(=Nc3ccccc3Cl)c3c(O)cc(Cl)c4cc(Cl)c1c-2c43. The predicted molar refractivity (Wildman–Crippen MR) is 120 cm³/mol. The van der Waals surface area contributed by atoms with Gasteiger partial charge >= 0.3 is 0 Å². The zero-order chi connectivity index (χ0) is 20.4. The van der Waals surface area contributed by atoms with Gasteiger partial charge in [-0.05, 0) is 30.3 Å². The summed E-state index contributed by atoms with van der Waals surface area (Å²) in [7, 11) is 0. The fraction of sp³-hybridized carbons (Fsp3) is 0. The fourth-order valence-electron chi connectivity index (χ4n) is 3.76. The third-order valence-corrected chi connectivity index (χ3v) is 6.21. The van der Waals surface area contributed by atoms with Crippen molar-refractivity contribution in [3.05, 3.63) is 84.2 Å². The van der Waals surface area contributed by atoms with E-state index in [-0.39, 0.29) is 21.2 Å². The van der Waals surface area contributed by atoms with Crippen molar-refractivity contribution in [2.45, 2.75) is 0 Å². The van der Waals surface area contributed by atoms with Gasteiger partial charge < -0.3 is 5.11 Å². The molecular formula is C22H9Cl4NO2. The van der Waals surface area contributed by atoms with E-state index >= 15 is 0 Å². The smallest absolute Gasteiger partial charge is 0.189 e. The molecule has 0 heterocycles. The average molecular weight is 461 g/mol. The first-order chi connectivity index (χ1) is 13.9. The largest absolute Gasteiger partial charge is 0.507 e. The Balaban J connectivity index is 2.13. The van der Waals surface area contributed by atoms with Crippen LogP contribution in [0.3, 0.4) is 0 Å². The molecule has 0 saturated carbocycles. The lowest BCUT2D eigenvalue weighted by Crippen LogP contribution is -2.11. The van der Waals surface area contributed by atoms with Crippen LogP contribution in [0.2, 0.25) is 20.1 Å². The lowest BCUT2D eigenvalue weighted by molar-refractivity contribution is 0.481. The van der Waals surface area contributed by atoms with Crippen LogP contribution in [0, 0.1) is 0 Å². The van der Waals surface area contributed by atoms with Gasteiger partial charge in [-0.15, -0.1) is 0 Å². The van der Waals surface area contributed by atoms with E-state index in [1.807, 2.05) is 6.07 Å². The standard InChI is InChI=1S/C22H9Cl4NO2/c23-11-3-1-2-4-15(11)27-16-6-10-13(25)7-17(28)21-14(26)5-9-12(24)8-18(29)22(16)20(9)19(10)21/h1-8,29H. The van der Waals surface area contributed by atoms with E-state index in [1.165, 1.54) is 12.1 Å². The second-order valence-electron chi connectivity index (χ2n) is 6.65. The minimum absolute atomic E-state index is 0.0637. The molecule has 1 N–H and O–H groups in total. The Labute approximate surface area is 184 Å². The molecule has 0 radical (unpaired) electrons. The molecule has 142 valence electrons. The zero-order valence-electron chi connectivity index (χ0n) is 14.4. The van der Waals surface area contributed by atoms with Crippen molar-refractivity contribution in [1.29, 1.82) is 0 Å². The number of aromatic hydroxyl groups is 1. The summed E-state index contributed by atoms with van der Waals surface area (Å²) >= 11 is 25.5. The van der Waals surface area contributed by atoms with Gasteiger partial charge in [-0.1, -0.05) is 58.5 Å². The summed E-state index contributed by atoms with van der Waals surface area (Å²) in [5.41, 5.74) is 1.38. The highest BCUT2D eigenvalue weighted by Crippen LogP contribution is 2.46. The summed E-state index contributed by atoms with van der Waals surface area (Å²) in [6, 6.07) is 13.2. The average Bonchev–Trinajstić information content (AvgIpc) is 2.66. The number of hydrogen-bond acceptors (Lipinski definition) is 3. The van der Waals surface area contributed by atoms with Gasteiger partial charge in [0, 0.05) is 33.4 Å². The van der Waals surface area contributed by atoms with E-state index in [9.17, 15) is 9.90 Å². The summed E-state index contributed by atoms with van der Waals surface area (Å²) in [5.74, 6) is -0.0637. The molecule has 5 rings (SSSR count). The molecule has 0 atom stereocenters. The number of hydrogen-bond donors (Lipinski definition) is 1. The number of benzene rings is 5. The van der Waals surface area contributed by atoms with Crippen LogP contribution in [0.5, 0.6) is 5.75 Å². The molecule has 0 aliphatic heterocycles. The first kappa shape index (κ1) is 18.7. The molecule has 0 unspecified atom stereocenters. The zero-order valence-corrected chi connectivity index (χ0v) is 17.5. The molecule has 7 heteroatoms. The van der Waals surface area contributed by atoms with Crippen molar-refractivity contribution >= 4 is 73.6 Å². The van der Waals surface area contributed by atoms with Gasteiger partial charge in [-0.3, -0.25) is 4.79 Å². The van der Waals surface area contributed by atoms with Crippen molar-refractivity contribution in [3.63, 3.8) is 0 Å². The summed E-state index contributed by atoms with van der Waals surface area (Å²) < 4.78 is 0. The maximum atomic E-state index is 12.6. The molecule has 2 aliphatic carbocycles. The Morgan fingerprint density at radius 1 is 0.759 bits per heavy atom. The molecule has 3 nitrogen and oxygen atoms in total. The quantitative estimate of drug-likeness (QED) is 0.277. The second-order valence-corrected chi connectivity index (χ2v) is 8.28.